The number of rotatable bonds is 4. The fraction of sp³-hybridized carbons (Fsp3) is 0.294. The second kappa shape index (κ2) is 6.33. The van der Waals surface area contributed by atoms with Gasteiger partial charge in [-0.2, -0.15) is 0 Å². The molecule has 3 heteroatoms. The topological polar surface area (TPSA) is 33.2 Å². The predicted octanol–water partition coefficient (Wildman–Crippen LogP) is 2.90. The van der Waals surface area contributed by atoms with Gasteiger partial charge in [0, 0.05) is 26.0 Å². The molecule has 0 spiro atoms. The third-order valence-corrected chi connectivity index (χ3v) is 3.44. The summed E-state index contributed by atoms with van der Waals surface area (Å²) in [5.74, 6) is 0.122. The minimum absolute atomic E-state index is 0.122. The van der Waals surface area contributed by atoms with Crippen LogP contribution in [0.4, 0.5) is 0 Å². The summed E-state index contributed by atoms with van der Waals surface area (Å²) in [5, 5.41) is 0. The molecule has 0 unspecified atom stereocenters. The Labute approximate surface area is 120 Å². The van der Waals surface area contributed by atoms with Crippen molar-refractivity contribution in [3.05, 3.63) is 65.0 Å². The summed E-state index contributed by atoms with van der Waals surface area (Å²) < 4.78 is 0. The molecule has 1 aromatic heterocycles. The van der Waals surface area contributed by atoms with E-state index in [1.165, 1.54) is 16.7 Å². The summed E-state index contributed by atoms with van der Waals surface area (Å²) in [7, 11) is 1.85. The van der Waals surface area contributed by atoms with E-state index in [1.807, 2.05) is 19.2 Å². The van der Waals surface area contributed by atoms with Gasteiger partial charge in [-0.25, -0.2) is 0 Å². The Morgan fingerprint density at radius 1 is 1.15 bits per heavy atom. The van der Waals surface area contributed by atoms with Gasteiger partial charge in [-0.3, -0.25) is 9.78 Å². The number of pyridine rings is 1. The first-order valence-electron chi connectivity index (χ1n) is 6.75. The van der Waals surface area contributed by atoms with Crippen LogP contribution in [-0.2, 0) is 17.8 Å². The highest BCUT2D eigenvalue weighted by Crippen LogP contribution is 2.13. The standard InChI is InChI=1S/C17H20N2O/c1-13-4-5-14(2)16(10-13)12-19(3)17(20)11-15-6-8-18-9-7-15/h4-10H,11-12H2,1-3H3. The van der Waals surface area contributed by atoms with E-state index < -0.39 is 0 Å². The number of nitrogens with zero attached hydrogens (tertiary/aromatic N) is 2. The average Bonchev–Trinajstić information content (AvgIpc) is 2.44. The van der Waals surface area contributed by atoms with Crippen LogP contribution in [0.5, 0.6) is 0 Å². The highest BCUT2D eigenvalue weighted by molar-refractivity contribution is 5.78. The monoisotopic (exact) mass is 268 g/mol. The summed E-state index contributed by atoms with van der Waals surface area (Å²) in [5.41, 5.74) is 4.65. The van der Waals surface area contributed by atoms with Crippen molar-refractivity contribution in [1.82, 2.24) is 9.88 Å². The van der Waals surface area contributed by atoms with Crippen LogP contribution in [0.2, 0.25) is 0 Å². The molecule has 3 nitrogen and oxygen atoms in total. The highest BCUT2D eigenvalue weighted by Gasteiger charge is 2.11. The Hall–Kier alpha value is -2.16. The van der Waals surface area contributed by atoms with Gasteiger partial charge in [-0.05, 0) is 42.7 Å². The molecule has 0 bridgehead atoms. The second-order valence-electron chi connectivity index (χ2n) is 5.21. The molecule has 1 aromatic carbocycles. The zero-order valence-electron chi connectivity index (χ0n) is 12.3. The number of aryl methyl sites for hydroxylation is 2. The Kier molecular flexibility index (Phi) is 4.51. The number of carbonyl (C=O) groups is 1. The Morgan fingerprint density at radius 2 is 1.85 bits per heavy atom. The van der Waals surface area contributed by atoms with Crippen molar-refractivity contribution >= 4 is 5.91 Å². The second-order valence-corrected chi connectivity index (χ2v) is 5.21. The molecule has 0 aliphatic heterocycles. The fourth-order valence-corrected chi connectivity index (χ4v) is 2.12. The van der Waals surface area contributed by atoms with Crippen molar-refractivity contribution in [3.8, 4) is 0 Å². The minimum Gasteiger partial charge on any atom is -0.341 e. The first-order chi connectivity index (χ1) is 9.56. The van der Waals surface area contributed by atoms with Crippen molar-refractivity contribution in [2.45, 2.75) is 26.8 Å². The van der Waals surface area contributed by atoms with Gasteiger partial charge >= 0.3 is 0 Å². The number of benzene rings is 1. The van der Waals surface area contributed by atoms with Gasteiger partial charge < -0.3 is 4.90 Å². The molecule has 0 N–H and O–H groups in total. The van der Waals surface area contributed by atoms with Crippen LogP contribution >= 0.6 is 0 Å². The van der Waals surface area contributed by atoms with Crippen LogP contribution in [0.15, 0.2) is 42.7 Å². The molecule has 2 aromatic rings. The first kappa shape index (κ1) is 14.3. The van der Waals surface area contributed by atoms with Gasteiger partial charge in [-0.1, -0.05) is 23.8 Å². The molecule has 0 radical (unpaired) electrons. The van der Waals surface area contributed by atoms with Gasteiger partial charge in [0.1, 0.15) is 0 Å². The van der Waals surface area contributed by atoms with Crippen LogP contribution in [0.25, 0.3) is 0 Å². The molecule has 20 heavy (non-hydrogen) atoms. The van der Waals surface area contributed by atoms with Crippen molar-refractivity contribution in [1.29, 1.82) is 0 Å². The zero-order chi connectivity index (χ0) is 14.5. The number of hydrogen-bond acceptors (Lipinski definition) is 2. The average molecular weight is 268 g/mol. The number of likely N-dealkylation sites (N-methyl/N-ethyl adjacent to an activating group) is 1. The van der Waals surface area contributed by atoms with Gasteiger partial charge in [0.15, 0.2) is 0 Å². The number of carbonyl (C=O) groups excluding carboxylic acids is 1. The number of amides is 1. The Morgan fingerprint density at radius 3 is 2.55 bits per heavy atom. The number of aromatic nitrogens is 1. The van der Waals surface area contributed by atoms with Crippen LogP contribution in [0.1, 0.15) is 22.3 Å². The lowest BCUT2D eigenvalue weighted by Gasteiger charge is -2.19. The van der Waals surface area contributed by atoms with Gasteiger partial charge in [-0.15, -0.1) is 0 Å². The smallest absolute Gasteiger partial charge is 0.227 e. The van der Waals surface area contributed by atoms with Crippen LogP contribution in [-0.4, -0.2) is 22.8 Å². The molecule has 1 amide bonds. The SMILES string of the molecule is Cc1ccc(C)c(CN(C)C(=O)Cc2ccncc2)c1. The predicted molar refractivity (Wildman–Crippen MR) is 80.3 cm³/mol. The molecular formula is C17H20N2O. The summed E-state index contributed by atoms with van der Waals surface area (Å²) in [6.07, 6.45) is 3.85. The van der Waals surface area contributed by atoms with E-state index in [0.29, 0.717) is 13.0 Å². The Bertz CT molecular complexity index is 593. The maximum atomic E-state index is 12.2. The minimum atomic E-state index is 0.122. The molecule has 0 saturated heterocycles. The van der Waals surface area contributed by atoms with Crippen molar-refractivity contribution in [2.24, 2.45) is 0 Å². The quantitative estimate of drug-likeness (QED) is 0.854. The summed E-state index contributed by atoms with van der Waals surface area (Å²) >= 11 is 0. The van der Waals surface area contributed by atoms with Crippen LogP contribution in [0.3, 0.4) is 0 Å². The normalized spacial score (nSPS) is 10.3. The maximum absolute atomic E-state index is 12.2. The van der Waals surface area contributed by atoms with E-state index in [9.17, 15) is 4.79 Å². The lowest BCUT2D eigenvalue weighted by atomic mass is 10.1. The van der Waals surface area contributed by atoms with Crippen molar-refractivity contribution < 1.29 is 4.79 Å². The number of hydrogen-bond donors (Lipinski definition) is 0. The highest BCUT2D eigenvalue weighted by atomic mass is 16.2. The van der Waals surface area contributed by atoms with Crippen molar-refractivity contribution in [3.63, 3.8) is 0 Å². The summed E-state index contributed by atoms with van der Waals surface area (Å²) in [6, 6.07) is 10.1. The van der Waals surface area contributed by atoms with E-state index >= 15 is 0 Å². The molecule has 1 heterocycles. The molecule has 0 fully saturated rings. The van der Waals surface area contributed by atoms with E-state index in [0.717, 1.165) is 5.56 Å². The molecular weight excluding hydrogens is 248 g/mol. The van der Waals surface area contributed by atoms with Crippen molar-refractivity contribution in [2.75, 3.05) is 7.05 Å². The first-order valence-corrected chi connectivity index (χ1v) is 6.75. The molecule has 104 valence electrons. The lowest BCUT2D eigenvalue weighted by molar-refractivity contribution is -0.129. The molecule has 0 aliphatic carbocycles. The largest absolute Gasteiger partial charge is 0.341 e. The van der Waals surface area contributed by atoms with Crippen LogP contribution in [0, 0.1) is 13.8 Å². The van der Waals surface area contributed by atoms with E-state index in [4.69, 9.17) is 0 Å². The van der Waals surface area contributed by atoms with Gasteiger partial charge in [0.05, 0.1) is 6.42 Å². The third kappa shape index (κ3) is 3.67. The molecule has 0 aliphatic rings. The van der Waals surface area contributed by atoms with Gasteiger partial charge in [0.25, 0.3) is 0 Å². The third-order valence-electron chi connectivity index (χ3n) is 3.44. The van der Waals surface area contributed by atoms with Gasteiger partial charge in [0.2, 0.25) is 5.91 Å². The summed E-state index contributed by atoms with van der Waals surface area (Å²) in [6.45, 7) is 4.80. The lowest BCUT2D eigenvalue weighted by Crippen LogP contribution is -2.28. The van der Waals surface area contributed by atoms with E-state index in [-0.39, 0.29) is 5.91 Å². The van der Waals surface area contributed by atoms with E-state index in [1.54, 1.807) is 17.3 Å². The Balaban J connectivity index is 2.02. The molecule has 0 atom stereocenters. The fourth-order valence-electron chi connectivity index (χ4n) is 2.12. The summed E-state index contributed by atoms with van der Waals surface area (Å²) in [4.78, 5) is 18.0. The molecule has 2 rings (SSSR count). The van der Waals surface area contributed by atoms with E-state index in [2.05, 4.69) is 37.0 Å². The molecule has 0 saturated carbocycles. The maximum Gasteiger partial charge on any atom is 0.227 e. The van der Waals surface area contributed by atoms with Crippen LogP contribution < -0.4 is 0 Å². The zero-order valence-corrected chi connectivity index (χ0v) is 12.3.